The number of ketones is 1. The molecule has 17 heavy (non-hydrogen) atoms. The lowest BCUT2D eigenvalue weighted by atomic mass is 10.1. The summed E-state index contributed by atoms with van der Waals surface area (Å²) in [6.45, 7) is 0.784. The van der Waals surface area contributed by atoms with Gasteiger partial charge in [0.2, 0.25) is 0 Å². The molecule has 92 valence electrons. The molecule has 0 amide bonds. The zero-order chi connectivity index (χ0) is 12.7. The van der Waals surface area contributed by atoms with Crippen molar-refractivity contribution in [3.8, 4) is 5.75 Å². The minimum Gasteiger partial charge on any atom is -0.497 e. The predicted molar refractivity (Wildman–Crippen MR) is 70.2 cm³/mol. The summed E-state index contributed by atoms with van der Waals surface area (Å²) in [5, 5.41) is 0. The summed E-state index contributed by atoms with van der Waals surface area (Å²) >= 11 is 0. The average molecular weight is 233 g/mol. The van der Waals surface area contributed by atoms with Gasteiger partial charge in [0, 0.05) is 13.0 Å². The van der Waals surface area contributed by atoms with Gasteiger partial charge in [-0.05, 0) is 37.9 Å². The van der Waals surface area contributed by atoms with Crippen LogP contribution in [-0.2, 0) is 4.79 Å². The lowest BCUT2D eigenvalue weighted by Crippen LogP contribution is -2.15. The highest BCUT2D eigenvalue weighted by molar-refractivity contribution is 5.93. The van der Waals surface area contributed by atoms with E-state index in [9.17, 15) is 4.79 Å². The van der Waals surface area contributed by atoms with Crippen molar-refractivity contribution in [3.63, 3.8) is 0 Å². The van der Waals surface area contributed by atoms with E-state index in [-0.39, 0.29) is 5.78 Å². The monoisotopic (exact) mass is 233 g/mol. The van der Waals surface area contributed by atoms with Crippen LogP contribution in [-0.4, -0.2) is 38.4 Å². The van der Waals surface area contributed by atoms with Crippen LogP contribution in [0.2, 0.25) is 0 Å². The minimum absolute atomic E-state index is 0.148. The second-order valence-electron chi connectivity index (χ2n) is 4.13. The van der Waals surface area contributed by atoms with Gasteiger partial charge in [0.25, 0.3) is 0 Å². The molecule has 0 N–H and O–H groups in total. The van der Waals surface area contributed by atoms with Crippen LogP contribution in [0.5, 0.6) is 5.75 Å². The first-order valence-corrected chi connectivity index (χ1v) is 5.61. The number of benzene rings is 1. The number of ether oxygens (including phenoxy) is 1. The van der Waals surface area contributed by atoms with E-state index < -0.39 is 0 Å². The van der Waals surface area contributed by atoms with Crippen molar-refractivity contribution in [1.82, 2.24) is 4.90 Å². The number of hydrogen-bond acceptors (Lipinski definition) is 3. The fourth-order valence-electron chi connectivity index (χ4n) is 1.32. The molecule has 0 aliphatic rings. The third-order valence-electron chi connectivity index (χ3n) is 2.38. The first kappa shape index (κ1) is 13.5. The second-order valence-corrected chi connectivity index (χ2v) is 4.13. The van der Waals surface area contributed by atoms with Gasteiger partial charge in [0.15, 0.2) is 5.78 Å². The average Bonchev–Trinajstić information content (AvgIpc) is 2.34. The maximum Gasteiger partial charge on any atom is 0.156 e. The summed E-state index contributed by atoms with van der Waals surface area (Å²) in [5.41, 5.74) is 1.00. The van der Waals surface area contributed by atoms with E-state index in [1.807, 2.05) is 49.3 Å². The molecule has 0 fully saturated rings. The molecule has 0 aliphatic carbocycles. The highest BCUT2D eigenvalue weighted by atomic mass is 16.5. The number of hydrogen-bond donors (Lipinski definition) is 0. The van der Waals surface area contributed by atoms with Gasteiger partial charge < -0.3 is 9.64 Å². The molecular formula is C14H19NO2. The van der Waals surface area contributed by atoms with Crippen molar-refractivity contribution < 1.29 is 9.53 Å². The normalized spacial score (nSPS) is 11.1. The smallest absolute Gasteiger partial charge is 0.156 e. The van der Waals surface area contributed by atoms with Crippen molar-refractivity contribution in [1.29, 1.82) is 0 Å². The molecule has 0 radical (unpaired) electrons. The van der Waals surface area contributed by atoms with E-state index in [1.54, 1.807) is 13.2 Å². The van der Waals surface area contributed by atoms with Crippen molar-refractivity contribution in [2.45, 2.75) is 6.42 Å². The zero-order valence-electron chi connectivity index (χ0n) is 10.6. The summed E-state index contributed by atoms with van der Waals surface area (Å²) in [6.07, 6.45) is 4.02. The number of methoxy groups -OCH3 is 1. The van der Waals surface area contributed by atoms with Gasteiger partial charge in [-0.1, -0.05) is 18.2 Å². The Morgan fingerprint density at radius 3 is 2.47 bits per heavy atom. The molecule has 0 spiro atoms. The molecule has 0 aromatic heterocycles. The summed E-state index contributed by atoms with van der Waals surface area (Å²) in [4.78, 5) is 13.5. The van der Waals surface area contributed by atoms with Crippen LogP contribution in [0.25, 0.3) is 6.08 Å². The lowest BCUT2D eigenvalue weighted by molar-refractivity contribution is -0.114. The Labute approximate surface area is 103 Å². The Hall–Kier alpha value is -1.61. The van der Waals surface area contributed by atoms with Crippen LogP contribution in [0.15, 0.2) is 30.3 Å². The molecule has 0 heterocycles. The molecule has 0 bridgehead atoms. The molecule has 0 atom stereocenters. The molecule has 0 unspecified atom stereocenters. The predicted octanol–water partition coefficient (Wildman–Crippen LogP) is 2.23. The fourth-order valence-corrected chi connectivity index (χ4v) is 1.32. The molecule has 3 heteroatoms. The van der Waals surface area contributed by atoms with Gasteiger partial charge in [-0.25, -0.2) is 0 Å². The SMILES string of the molecule is COc1ccc(/C=C/C(=O)CCN(C)C)cc1. The molecule has 1 aromatic rings. The lowest BCUT2D eigenvalue weighted by Gasteiger charge is -2.06. The standard InChI is InChI=1S/C14H19NO2/c1-15(2)11-10-13(16)7-4-12-5-8-14(17-3)9-6-12/h4-9H,10-11H2,1-3H3/b7-4+. The van der Waals surface area contributed by atoms with Crippen LogP contribution < -0.4 is 4.74 Å². The summed E-state index contributed by atoms with van der Waals surface area (Å²) in [5.74, 6) is 0.968. The maximum atomic E-state index is 11.5. The minimum atomic E-state index is 0.148. The van der Waals surface area contributed by atoms with E-state index in [4.69, 9.17) is 4.74 Å². The van der Waals surface area contributed by atoms with Gasteiger partial charge >= 0.3 is 0 Å². The molecule has 0 saturated heterocycles. The molecule has 1 rings (SSSR count). The summed E-state index contributed by atoms with van der Waals surface area (Å²) in [7, 11) is 5.55. The molecule has 0 aliphatic heterocycles. The molecular weight excluding hydrogens is 214 g/mol. The highest BCUT2D eigenvalue weighted by Crippen LogP contribution is 2.12. The maximum absolute atomic E-state index is 11.5. The third-order valence-corrected chi connectivity index (χ3v) is 2.38. The number of carbonyl (C=O) groups excluding carboxylic acids is 1. The Kier molecular flexibility index (Phi) is 5.43. The van der Waals surface area contributed by atoms with Crippen LogP contribution in [0, 0.1) is 0 Å². The van der Waals surface area contributed by atoms with Crippen LogP contribution in [0.3, 0.4) is 0 Å². The van der Waals surface area contributed by atoms with E-state index in [2.05, 4.69) is 0 Å². The number of nitrogens with zero attached hydrogens (tertiary/aromatic N) is 1. The van der Waals surface area contributed by atoms with Gasteiger partial charge in [-0.15, -0.1) is 0 Å². The molecule has 1 aromatic carbocycles. The first-order chi connectivity index (χ1) is 8.11. The van der Waals surface area contributed by atoms with Gasteiger partial charge in [-0.2, -0.15) is 0 Å². The largest absolute Gasteiger partial charge is 0.497 e. The van der Waals surface area contributed by atoms with E-state index >= 15 is 0 Å². The van der Waals surface area contributed by atoms with E-state index in [0.717, 1.165) is 17.9 Å². The van der Waals surface area contributed by atoms with Gasteiger partial charge in [0.1, 0.15) is 5.75 Å². The van der Waals surface area contributed by atoms with Crippen molar-refractivity contribution >= 4 is 11.9 Å². The Bertz CT molecular complexity index is 380. The zero-order valence-corrected chi connectivity index (χ0v) is 10.6. The number of rotatable bonds is 6. The summed E-state index contributed by atoms with van der Waals surface area (Å²) in [6, 6.07) is 7.61. The fraction of sp³-hybridized carbons (Fsp3) is 0.357. The Morgan fingerprint density at radius 2 is 1.94 bits per heavy atom. The number of allylic oxidation sites excluding steroid dienone is 1. The molecule has 3 nitrogen and oxygen atoms in total. The summed E-state index contributed by atoms with van der Waals surface area (Å²) < 4.78 is 5.06. The van der Waals surface area contributed by atoms with Crippen LogP contribution >= 0.6 is 0 Å². The Morgan fingerprint density at radius 1 is 1.29 bits per heavy atom. The third kappa shape index (κ3) is 5.31. The van der Waals surface area contributed by atoms with E-state index in [1.165, 1.54) is 0 Å². The van der Waals surface area contributed by atoms with Crippen molar-refractivity contribution in [2.24, 2.45) is 0 Å². The second kappa shape index (κ2) is 6.86. The molecule has 0 saturated carbocycles. The number of carbonyl (C=O) groups is 1. The van der Waals surface area contributed by atoms with Gasteiger partial charge in [-0.3, -0.25) is 4.79 Å². The van der Waals surface area contributed by atoms with Crippen molar-refractivity contribution in [2.75, 3.05) is 27.7 Å². The Balaban J connectivity index is 2.49. The van der Waals surface area contributed by atoms with E-state index in [0.29, 0.717) is 6.42 Å². The first-order valence-electron chi connectivity index (χ1n) is 5.61. The topological polar surface area (TPSA) is 29.5 Å². The van der Waals surface area contributed by atoms with Gasteiger partial charge in [0.05, 0.1) is 7.11 Å². The highest BCUT2D eigenvalue weighted by Gasteiger charge is 1.98. The van der Waals surface area contributed by atoms with Crippen molar-refractivity contribution in [3.05, 3.63) is 35.9 Å². The quantitative estimate of drug-likeness (QED) is 0.706. The van der Waals surface area contributed by atoms with Crippen LogP contribution in [0.4, 0.5) is 0 Å². The van der Waals surface area contributed by atoms with Crippen LogP contribution in [0.1, 0.15) is 12.0 Å².